The van der Waals surface area contributed by atoms with Crippen molar-refractivity contribution in [2.24, 2.45) is 0 Å². The first kappa shape index (κ1) is 9.60. The third-order valence-corrected chi connectivity index (χ3v) is 1.60. The summed E-state index contributed by atoms with van der Waals surface area (Å²) in [6, 6.07) is 1.44. The van der Waals surface area contributed by atoms with Crippen LogP contribution in [0.15, 0.2) is 16.7 Å². The van der Waals surface area contributed by atoms with Gasteiger partial charge in [0.05, 0.1) is 13.4 Å². The average molecular weight is 184 g/mol. The van der Waals surface area contributed by atoms with Crippen LogP contribution in [0.1, 0.15) is 11.3 Å². The third kappa shape index (κ3) is 2.79. The Bertz CT molecular complexity index is 283. The lowest BCUT2D eigenvalue weighted by Gasteiger charge is -2.03. The topological polar surface area (TPSA) is 63.5 Å². The van der Waals surface area contributed by atoms with Gasteiger partial charge in [-0.1, -0.05) is 0 Å². The molecule has 5 nitrogen and oxygen atoms in total. The Morgan fingerprint density at radius 3 is 3.00 bits per heavy atom. The molecule has 0 spiro atoms. The monoisotopic (exact) mass is 184 g/mol. The van der Waals surface area contributed by atoms with Gasteiger partial charge < -0.3 is 9.73 Å². The normalized spacial score (nSPS) is 9.69. The van der Waals surface area contributed by atoms with Crippen LogP contribution in [-0.2, 0) is 11.4 Å². The van der Waals surface area contributed by atoms with Crippen molar-refractivity contribution in [1.82, 2.24) is 10.8 Å². The third-order valence-electron chi connectivity index (χ3n) is 1.60. The van der Waals surface area contributed by atoms with Crippen molar-refractivity contribution in [2.75, 3.05) is 7.11 Å². The van der Waals surface area contributed by atoms with E-state index in [9.17, 15) is 4.79 Å². The van der Waals surface area contributed by atoms with E-state index < -0.39 is 0 Å². The van der Waals surface area contributed by atoms with E-state index in [1.807, 2.05) is 13.0 Å². The molecular formula is C8H12N2O3. The maximum absolute atomic E-state index is 10.9. The highest BCUT2D eigenvalue weighted by molar-refractivity contribution is 5.72. The van der Waals surface area contributed by atoms with Gasteiger partial charge in [0.2, 0.25) is 0 Å². The summed E-state index contributed by atoms with van der Waals surface area (Å²) < 4.78 is 5.05. The number of hydroxylamine groups is 1. The van der Waals surface area contributed by atoms with Crippen molar-refractivity contribution in [2.45, 2.75) is 13.5 Å². The Labute approximate surface area is 76.0 Å². The molecule has 1 rings (SSSR count). The fourth-order valence-electron chi connectivity index (χ4n) is 0.899. The predicted molar refractivity (Wildman–Crippen MR) is 45.8 cm³/mol. The number of aryl methyl sites for hydroxylation is 1. The highest BCUT2D eigenvalue weighted by Crippen LogP contribution is 2.07. The Morgan fingerprint density at radius 2 is 2.46 bits per heavy atom. The van der Waals surface area contributed by atoms with Gasteiger partial charge in [0, 0.05) is 12.1 Å². The molecule has 0 saturated carbocycles. The summed E-state index contributed by atoms with van der Waals surface area (Å²) in [7, 11) is 1.38. The molecule has 1 aromatic heterocycles. The molecule has 0 aliphatic heterocycles. The van der Waals surface area contributed by atoms with E-state index in [0.717, 1.165) is 11.3 Å². The van der Waals surface area contributed by atoms with Gasteiger partial charge in [-0.05, 0) is 13.0 Å². The van der Waals surface area contributed by atoms with Crippen LogP contribution in [-0.4, -0.2) is 13.1 Å². The van der Waals surface area contributed by atoms with Gasteiger partial charge in [0.15, 0.2) is 0 Å². The van der Waals surface area contributed by atoms with Crippen LogP contribution in [0.25, 0.3) is 0 Å². The SMILES string of the molecule is CONC(=O)NCc1ccoc1C. The van der Waals surface area contributed by atoms with Crippen LogP contribution >= 0.6 is 0 Å². The molecule has 0 bridgehead atoms. The summed E-state index contributed by atoms with van der Waals surface area (Å²) >= 11 is 0. The number of carbonyl (C=O) groups is 1. The number of nitrogens with one attached hydrogen (secondary N) is 2. The highest BCUT2D eigenvalue weighted by atomic mass is 16.6. The zero-order chi connectivity index (χ0) is 9.68. The Kier molecular flexibility index (Phi) is 3.33. The number of amides is 2. The molecule has 0 saturated heterocycles. The molecule has 0 radical (unpaired) electrons. The Balaban J connectivity index is 2.35. The van der Waals surface area contributed by atoms with Crippen LogP contribution in [0.3, 0.4) is 0 Å². The predicted octanol–water partition coefficient (Wildman–Crippen LogP) is 0.949. The Morgan fingerprint density at radius 1 is 1.69 bits per heavy atom. The van der Waals surface area contributed by atoms with Crippen LogP contribution in [0.4, 0.5) is 4.79 Å². The van der Waals surface area contributed by atoms with Crippen molar-refractivity contribution in [1.29, 1.82) is 0 Å². The zero-order valence-corrected chi connectivity index (χ0v) is 7.59. The van der Waals surface area contributed by atoms with E-state index >= 15 is 0 Å². The number of rotatable bonds is 3. The average Bonchev–Trinajstić information content (AvgIpc) is 2.48. The quantitative estimate of drug-likeness (QED) is 0.687. The van der Waals surface area contributed by atoms with Crippen molar-refractivity contribution >= 4 is 6.03 Å². The summed E-state index contributed by atoms with van der Waals surface area (Å²) in [5.74, 6) is 0.803. The van der Waals surface area contributed by atoms with E-state index in [-0.39, 0.29) is 6.03 Å². The maximum Gasteiger partial charge on any atom is 0.338 e. The minimum Gasteiger partial charge on any atom is -0.469 e. The maximum atomic E-state index is 10.9. The van der Waals surface area contributed by atoms with Gasteiger partial charge in [0.25, 0.3) is 0 Å². The van der Waals surface area contributed by atoms with Crippen LogP contribution in [0, 0.1) is 6.92 Å². The molecule has 0 atom stereocenters. The summed E-state index contributed by atoms with van der Waals surface area (Å²) in [5, 5.41) is 2.59. The molecule has 72 valence electrons. The summed E-state index contributed by atoms with van der Waals surface area (Å²) in [5.41, 5.74) is 3.10. The zero-order valence-electron chi connectivity index (χ0n) is 7.59. The fourth-order valence-corrected chi connectivity index (χ4v) is 0.899. The number of hydrogen-bond acceptors (Lipinski definition) is 3. The van der Waals surface area contributed by atoms with Gasteiger partial charge in [-0.15, -0.1) is 0 Å². The molecule has 0 aliphatic carbocycles. The minimum absolute atomic E-state index is 0.372. The summed E-state index contributed by atoms with van der Waals surface area (Å²) in [4.78, 5) is 15.3. The minimum atomic E-state index is -0.372. The number of hydrogen-bond donors (Lipinski definition) is 2. The van der Waals surface area contributed by atoms with Gasteiger partial charge in [-0.3, -0.25) is 4.84 Å². The number of carbonyl (C=O) groups excluding carboxylic acids is 1. The molecular weight excluding hydrogens is 172 g/mol. The first-order chi connectivity index (χ1) is 6.24. The number of furan rings is 1. The van der Waals surface area contributed by atoms with Gasteiger partial charge in [0.1, 0.15) is 5.76 Å². The highest BCUT2D eigenvalue weighted by Gasteiger charge is 2.03. The van der Waals surface area contributed by atoms with E-state index in [0.29, 0.717) is 6.54 Å². The van der Waals surface area contributed by atoms with Gasteiger partial charge >= 0.3 is 6.03 Å². The largest absolute Gasteiger partial charge is 0.469 e. The second-order valence-corrected chi connectivity index (χ2v) is 2.49. The fraction of sp³-hybridized carbons (Fsp3) is 0.375. The molecule has 1 aromatic rings. The lowest BCUT2D eigenvalue weighted by Crippen LogP contribution is -2.34. The van der Waals surface area contributed by atoms with Crippen LogP contribution in [0.2, 0.25) is 0 Å². The van der Waals surface area contributed by atoms with Crippen LogP contribution in [0.5, 0.6) is 0 Å². The molecule has 0 aromatic carbocycles. The lowest BCUT2D eigenvalue weighted by atomic mass is 10.3. The van der Waals surface area contributed by atoms with E-state index in [4.69, 9.17) is 4.42 Å². The van der Waals surface area contributed by atoms with Gasteiger partial charge in [-0.25, -0.2) is 10.3 Å². The van der Waals surface area contributed by atoms with E-state index in [2.05, 4.69) is 15.6 Å². The molecule has 2 amide bonds. The van der Waals surface area contributed by atoms with Crippen molar-refractivity contribution < 1.29 is 14.0 Å². The van der Waals surface area contributed by atoms with Crippen LogP contribution < -0.4 is 10.8 Å². The van der Waals surface area contributed by atoms with Crippen molar-refractivity contribution in [3.63, 3.8) is 0 Å². The molecule has 5 heteroatoms. The Hall–Kier alpha value is -1.49. The first-order valence-corrected chi connectivity index (χ1v) is 3.84. The summed E-state index contributed by atoms with van der Waals surface area (Å²) in [6.07, 6.45) is 1.58. The first-order valence-electron chi connectivity index (χ1n) is 3.84. The second kappa shape index (κ2) is 4.51. The molecule has 0 fully saturated rings. The van der Waals surface area contributed by atoms with E-state index in [1.165, 1.54) is 7.11 Å². The standard InChI is InChI=1S/C8H12N2O3/c1-6-7(3-4-13-6)5-9-8(11)10-12-2/h3-4H,5H2,1-2H3,(H2,9,10,11). The molecule has 0 aliphatic rings. The second-order valence-electron chi connectivity index (χ2n) is 2.49. The number of urea groups is 1. The van der Waals surface area contributed by atoms with E-state index in [1.54, 1.807) is 6.26 Å². The molecule has 0 unspecified atom stereocenters. The lowest BCUT2D eigenvalue weighted by molar-refractivity contribution is 0.107. The van der Waals surface area contributed by atoms with Crippen molar-refractivity contribution in [3.8, 4) is 0 Å². The van der Waals surface area contributed by atoms with Gasteiger partial charge in [-0.2, -0.15) is 0 Å². The molecule has 13 heavy (non-hydrogen) atoms. The van der Waals surface area contributed by atoms with Crippen molar-refractivity contribution in [3.05, 3.63) is 23.7 Å². The summed E-state index contributed by atoms with van der Waals surface area (Å²) in [6.45, 7) is 2.27. The molecule has 2 N–H and O–H groups in total. The smallest absolute Gasteiger partial charge is 0.338 e. The molecule has 1 heterocycles.